The lowest BCUT2D eigenvalue weighted by Crippen LogP contribution is -2.26. The zero-order chi connectivity index (χ0) is 12.3. The summed E-state index contributed by atoms with van der Waals surface area (Å²) < 4.78 is 25.8. The second-order valence-electron chi connectivity index (χ2n) is 3.00. The van der Waals surface area contributed by atoms with Crippen LogP contribution in [0.1, 0.15) is 0 Å². The van der Waals surface area contributed by atoms with E-state index < -0.39 is 10.0 Å². The van der Waals surface area contributed by atoms with Gasteiger partial charge in [0.1, 0.15) is 4.90 Å². The van der Waals surface area contributed by atoms with E-state index >= 15 is 0 Å². The fraction of sp³-hybridized carbons (Fsp3) is 0.111. The van der Waals surface area contributed by atoms with Gasteiger partial charge in [0.05, 0.1) is 10.7 Å². The zero-order valence-electron chi connectivity index (χ0n) is 8.20. The highest BCUT2D eigenvalue weighted by atomic mass is 35.5. The molecule has 0 aliphatic rings. The van der Waals surface area contributed by atoms with Gasteiger partial charge >= 0.3 is 0 Å². The number of nitrogens with two attached hydrogens (primary N) is 1. The maximum Gasteiger partial charge on any atom is 0.244 e. The molecular weight excluding hydrogens is 271 g/mol. The molecule has 0 saturated heterocycles. The molecule has 0 spiro atoms. The highest BCUT2D eigenvalue weighted by molar-refractivity contribution is 7.89. The van der Waals surface area contributed by atoms with Crippen LogP contribution in [-0.4, -0.2) is 15.0 Å². The van der Waals surface area contributed by atoms with E-state index in [1.54, 1.807) is 6.07 Å². The zero-order valence-corrected chi connectivity index (χ0v) is 10.5. The van der Waals surface area contributed by atoms with Crippen molar-refractivity contribution in [1.29, 1.82) is 0 Å². The summed E-state index contributed by atoms with van der Waals surface area (Å²) in [6, 6.07) is 4.47. The summed E-state index contributed by atoms with van der Waals surface area (Å²) in [7, 11) is -3.77. The number of sulfonamides is 1. The number of halogens is 2. The third-order valence-electron chi connectivity index (χ3n) is 1.72. The minimum Gasteiger partial charge on any atom is -0.398 e. The first-order valence-electron chi connectivity index (χ1n) is 4.21. The van der Waals surface area contributed by atoms with Crippen molar-refractivity contribution in [2.24, 2.45) is 0 Å². The number of hydrogen-bond donors (Lipinski definition) is 2. The van der Waals surface area contributed by atoms with Gasteiger partial charge in [0.15, 0.2) is 0 Å². The summed E-state index contributed by atoms with van der Waals surface area (Å²) in [5.74, 6) is 0. The van der Waals surface area contributed by atoms with Crippen molar-refractivity contribution in [3.8, 4) is 0 Å². The van der Waals surface area contributed by atoms with Gasteiger partial charge in [0.2, 0.25) is 10.0 Å². The lowest BCUT2D eigenvalue weighted by Gasteiger charge is -2.09. The molecule has 3 N–H and O–H groups in total. The third-order valence-corrected chi connectivity index (χ3v) is 3.80. The van der Waals surface area contributed by atoms with Crippen molar-refractivity contribution >= 4 is 38.9 Å². The van der Waals surface area contributed by atoms with Crippen molar-refractivity contribution in [2.75, 3.05) is 12.3 Å². The smallest absolute Gasteiger partial charge is 0.244 e. The van der Waals surface area contributed by atoms with Gasteiger partial charge in [0.25, 0.3) is 0 Å². The Balaban J connectivity index is 3.12. The normalized spacial score (nSPS) is 11.4. The van der Waals surface area contributed by atoms with Gasteiger partial charge < -0.3 is 5.73 Å². The maximum atomic E-state index is 11.8. The Labute approximate surface area is 104 Å². The molecule has 0 aliphatic heterocycles. The van der Waals surface area contributed by atoms with E-state index in [9.17, 15) is 8.42 Å². The maximum absolute atomic E-state index is 11.8. The molecular formula is C9H10Cl2N2O2S. The highest BCUT2D eigenvalue weighted by Gasteiger charge is 2.20. The first-order chi connectivity index (χ1) is 7.34. The summed E-state index contributed by atoms with van der Waals surface area (Å²) in [5, 5.41) is 0.238. The predicted octanol–water partition coefficient (Wildman–Crippen LogP) is 1.95. The molecule has 0 amide bonds. The largest absolute Gasteiger partial charge is 0.398 e. The first kappa shape index (κ1) is 13.3. The van der Waals surface area contributed by atoms with Gasteiger partial charge in [0, 0.05) is 11.6 Å². The Morgan fingerprint density at radius 2 is 2.12 bits per heavy atom. The van der Waals surface area contributed by atoms with Crippen molar-refractivity contribution in [2.45, 2.75) is 4.90 Å². The number of nitrogens with one attached hydrogen (secondary N) is 1. The summed E-state index contributed by atoms with van der Waals surface area (Å²) in [5.41, 5.74) is 5.64. The van der Waals surface area contributed by atoms with Gasteiger partial charge in [-0.3, -0.25) is 0 Å². The van der Waals surface area contributed by atoms with Crippen LogP contribution in [0.25, 0.3) is 0 Å². The fourth-order valence-corrected chi connectivity index (χ4v) is 2.90. The lowest BCUT2D eigenvalue weighted by molar-refractivity contribution is 0.586. The van der Waals surface area contributed by atoms with Crippen molar-refractivity contribution < 1.29 is 8.42 Å². The van der Waals surface area contributed by atoms with E-state index in [-0.39, 0.29) is 27.2 Å². The second-order valence-corrected chi connectivity index (χ2v) is 5.65. The standard InChI is InChI=1S/C9H10Cl2N2O2S/c1-6(10)5-13-16(14,15)9-7(11)3-2-4-8(9)12/h2-4,13H,1,5,12H2. The van der Waals surface area contributed by atoms with Crippen LogP contribution in [0.4, 0.5) is 5.69 Å². The fourth-order valence-electron chi connectivity index (χ4n) is 1.05. The van der Waals surface area contributed by atoms with E-state index in [1.165, 1.54) is 12.1 Å². The Kier molecular flexibility index (Phi) is 4.21. The molecule has 0 aromatic heterocycles. The molecule has 88 valence electrons. The van der Waals surface area contributed by atoms with E-state index in [2.05, 4.69) is 11.3 Å². The van der Waals surface area contributed by atoms with E-state index in [1.807, 2.05) is 0 Å². The molecule has 16 heavy (non-hydrogen) atoms. The Hall–Kier alpha value is -0.750. The number of nitrogen functional groups attached to an aromatic ring is 1. The van der Waals surface area contributed by atoms with Crippen LogP contribution >= 0.6 is 23.2 Å². The van der Waals surface area contributed by atoms with Crippen LogP contribution in [0.2, 0.25) is 5.02 Å². The van der Waals surface area contributed by atoms with Gasteiger partial charge in [-0.2, -0.15) is 0 Å². The molecule has 1 aromatic rings. The SMILES string of the molecule is C=C(Cl)CNS(=O)(=O)c1c(N)cccc1Cl. The lowest BCUT2D eigenvalue weighted by atomic mass is 10.3. The molecule has 4 nitrogen and oxygen atoms in total. The molecule has 1 aromatic carbocycles. The summed E-state index contributed by atoms with van der Waals surface area (Å²) in [6.45, 7) is 3.30. The average Bonchev–Trinajstić information content (AvgIpc) is 2.14. The second kappa shape index (κ2) is 5.05. The van der Waals surface area contributed by atoms with Crippen LogP contribution in [0.3, 0.4) is 0 Å². The molecule has 0 heterocycles. The molecule has 0 unspecified atom stereocenters. The Morgan fingerprint density at radius 1 is 1.50 bits per heavy atom. The first-order valence-corrected chi connectivity index (χ1v) is 6.45. The van der Waals surface area contributed by atoms with Crippen LogP contribution in [-0.2, 0) is 10.0 Å². The van der Waals surface area contributed by atoms with Crippen LogP contribution in [0, 0.1) is 0 Å². The summed E-state index contributed by atoms with van der Waals surface area (Å²) in [6.07, 6.45) is 0. The topological polar surface area (TPSA) is 72.2 Å². The molecule has 0 fully saturated rings. The van der Waals surface area contributed by atoms with Gasteiger partial charge in [-0.25, -0.2) is 13.1 Å². The molecule has 0 saturated carbocycles. The molecule has 7 heteroatoms. The minimum atomic E-state index is -3.77. The van der Waals surface area contributed by atoms with Gasteiger partial charge in [-0.15, -0.1) is 0 Å². The van der Waals surface area contributed by atoms with E-state index in [0.29, 0.717) is 0 Å². The van der Waals surface area contributed by atoms with Crippen molar-refractivity contribution in [3.05, 3.63) is 34.8 Å². The quantitative estimate of drug-likeness (QED) is 0.828. The van der Waals surface area contributed by atoms with E-state index in [4.69, 9.17) is 28.9 Å². The van der Waals surface area contributed by atoms with Crippen molar-refractivity contribution in [1.82, 2.24) is 4.72 Å². The van der Waals surface area contributed by atoms with Crippen LogP contribution in [0.5, 0.6) is 0 Å². The van der Waals surface area contributed by atoms with Crippen LogP contribution in [0.15, 0.2) is 34.7 Å². The van der Waals surface area contributed by atoms with Crippen molar-refractivity contribution in [3.63, 3.8) is 0 Å². The van der Waals surface area contributed by atoms with Gasteiger partial charge in [-0.1, -0.05) is 35.8 Å². The molecule has 0 aliphatic carbocycles. The Bertz CT molecular complexity index is 494. The minimum absolute atomic E-state index is 0.0627. The Morgan fingerprint density at radius 3 is 2.62 bits per heavy atom. The molecule has 0 radical (unpaired) electrons. The number of anilines is 1. The number of rotatable bonds is 4. The monoisotopic (exact) mass is 280 g/mol. The van der Waals surface area contributed by atoms with Crippen LogP contribution < -0.4 is 10.5 Å². The summed E-state index contributed by atoms with van der Waals surface area (Å²) in [4.78, 5) is -0.144. The average molecular weight is 281 g/mol. The molecule has 0 bridgehead atoms. The summed E-state index contributed by atoms with van der Waals surface area (Å²) >= 11 is 11.2. The molecule has 0 atom stereocenters. The van der Waals surface area contributed by atoms with Gasteiger partial charge in [-0.05, 0) is 12.1 Å². The third kappa shape index (κ3) is 3.12. The molecule has 1 rings (SSSR count). The number of benzene rings is 1. The van der Waals surface area contributed by atoms with E-state index in [0.717, 1.165) is 0 Å². The predicted molar refractivity (Wildman–Crippen MR) is 66.0 cm³/mol. The number of hydrogen-bond acceptors (Lipinski definition) is 3. The highest BCUT2D eigenvalue weighted by Crippen LogP contribution is 2.26.